The Hall–Kier alpha value is -3.47. The number of hydrogen-bond acceptors (Lipinski definition) is 7. The Morgan fingerprint density at radius 2 is 1.50 bits per heavy atom. The highest BCUT2D eigenvalue weighted by Gasteiger charge is 2.22. The first-order valence-corrected chi connectivity index (χ1v) is 11.2. The Morgan fingerprint density at radius 3 is 2.00 bits per heavy atom. The highest BCUT2D eigenvalue weighted by atomic mass is 32.2. The fourth-order valence-corrected chi connectivity index (χ4v) is 3.95. The van der Waals surface area contributed by atoms with Crippen molar-refractivity contribution in [3.63, 3.8) is 0 Å². The van der Waals surface area contributed by atoms with E-state index >= 15 is 0 Å². The van der Waals surface area contributed by atoms with Crippen molar-refractivity contribution >= 4 is 33.4 Å². The summed E-state index contributed by atoms with van der Waals surface area (Å²) in [4.78, 5) is 25.9. The van der Waals surface area contributed by atoms with Gasteiger partial charge in [0.1, 0.15) is 0 Å². The van der Waals surface area contributed by atoms with Crippen LogP contribution in [0.15, 0.2) is 41.3 Å². The number of hydrogen-bond donors (Lipinski definition) is 2. The lowest BCUT2D eigenvalue weighted by Gasteiger charge is -2.19. The fourth-order valence-electron chi connectivity index (χ4n) is 2.88. The Bertz CT molecular complexity index is 1070. The van der Waals surface area contributed by atoms with E-state index in [-0.39, 0.29) is 33.7 Å². The minimum atomic E-state index is -4.07. The van der Waals surface area contributed by atoms with Crippen LogP contribution in [0.2, 0.25) is 0 Å². The summed E-state index contributed by atoms with van der Waals surface area (Å²) in [6.45, 7) is 4.82. The molecule has 0 fully saturated rings. The van der Waals surface area contributed by atoms with Crippen molar-refractivity contribution in [3.05, 3.63) is 42.0 Å². The second kappa shape index (κ2) is 10.7. The minimum absolute atomic E-state index is 0.0339. The zero-order valence-electron chi connectivity index (χ0n) is 18.6. The van der Waals surface area contributed by atoms with E-state index < -0.39 is 16.0 Å². The monoisotopic (exact) mass is 465 g/mol. The molecule has 2 aromatic rings. The number of rotatable bonds is 9. The van der Waals surface area contributed by atoms with Gasteiger partial charge in [0.05, 0.1) is 37.5 Å². The number of anilines is 2. The predicted octanol–water partition coefficient (Wildman–Crippen LogP) is 3.16. The van der Waals surface area contributed by atoms with Gasteiger partial charge in [0.2, 0.25) is 0 Å². The Morgan fingerprint density at radius 1 is 0.938 bits per heavy atom. The lowest BCUT2D eigenvalue weighted by atomic mass is 10.1. The predicted molar refractivity (Wildman–Crippen MR) is 120 cm³/mol. The van der Waals surface area contributed by atoms with Gasteiger partial charge in [-0.05, 0) is 38.1 Å². The molecule has 0 aliphatic rings. The highest BCUT2D eigenvalue weighted by Crippen LogP contribution is 2.34. The quantitative estimate of drug-likeness (QED) is 0.545. The molecular weight excluding hydrogens is 438 g/mol. The number of methoxy groups -OCH3 is 3. The molecule has 0 spiro atoms. The second-order valence-corrected chi connectivity index (χ2v) is 8.16. The van der Waals surface area contributed by atoms with Crippen LogP contribution in [-0.2, 0) is 14.8 Å². The van der Waals surface area contributed by atoms with E-state index in [1.165, 1.54) is 57.7 Å². The van der Waals surface area contributed by atoms with Crippen molar-refractivity contribution in [3.8, 4) is 11.5 Å². The van der Waals surface area contributed by atoms with Crippen LogP contribution in [0.3, 0.4) is 0 Å². The summed E-state index contributed by atoms with van der Waals surface area (Å²) >= 11 is 0. The molecule has 0 radical (unpaired) electrons. The van der Waals surface area contributed by atoms with Crippen molar-refractivity contribution in [2.75, 3.05) is 44.5 Å². The summed E-state index contributed by atoms with van der Waals surface area (Å²) in [6, 6.07) is 8.03. The van der Waals surface area contributed by atoms with Gasteiger partial charge in [-0.25, -0.2) is 18.0 Å². The third-order valence-electron chi connectivity index (χ3n) is 4.64. The summed E-state index contributed by atoms with van der Waals surface area (Å²) in [5, 5.41) is 2.71. The molecule has 2 aromatic carbocycles. The maximum Gasteiger partial charge on any atom is 0.340 e. The highest BCUT2D eigenvalue weighted by molar-refractivity contribution is 7.92. The molecule has 2 N–H and O–H groups in total. The number of amides is 2. The number of nitrogens with one attached hydrogen (secondary N) is 2. The molecule has 0 atom stereocenters. The van der Waals surface area contributed by atoms with Crippen molar-refractivity contribution in [1.29, 1.82) is 0 Å². The summed E-state index contributed by atoms with van der Waals surface area (Å²) < 4.78 is 43.3. The van der Waals surface area contributed by atoms with E-state index in [0.717, 1.165) is 0 Å². The number of benzene rings is 2. The third kappa shape index (κ3) is 5.61. The van der Waals surface area contributed by atoms with Crippen LogP contribution in [0.25, 0.3) is 0 Å². The zero-order valence-corrected chi connectivity index (χ0v) is 19.4. The van der Waals surface area contributed by atoms with E-state index in [9.17, 15) is 18.0 Å². The number of urea groups is 1. The van der Waals surface area contributed by atoms with E-state index in [0.29, 0.717) is 18.8 Å². The first-order chi connectivity index (χ1) is 15.2. The molecule has 0 saturated heterocycles. The number of nitrogens with zero attached hydrogens (tertiary/aromatic N) is 1. The number of ether oxygens (including phenoxy) is 3. The van der Waals surface area contributed by atoms with E-state index in [4.69, 9.17) is 14.2 Å². The zero-order chi connectivity index (χ0) is 23.9. The van der Waals surface area contributed by atoms with E-state index in [2.05, 4.69) is 10.0 Å². The smallest absolute Gasteiger partial charge is 0.340 e. The molecule has 0 unspecified atom stereocenters. The van der Waals surface area contributed by atoms with Crippen LogP contribution in [-0.4, -0.2) is 59.7 Å². The molecule has 0 aliphatic carbocycles. The summed E-state index contributed by atoms with van der Waals surface area (Å²) in [7, 11) is -0.107. The molecule has 0 aliphatic heterocycles. The van der Waals surface area contributed by atoms with Gasteiger partial charge in [-0.2, -0.15) is 0 Å². The van der Waals surface area contributed by atoms with Crippen molar-refractivity contribution in [1.82, 2.24) is 4.90 Å². The van der Waals surface area contributed by atoms with Crippen LogP contribution in [0.1, 0.15) is 24.2 Å². The van der Waals surface area contributed by atoms with Crippen LogP contribution in [0, 0.1) is 0 Å². The lowest BCUT2D eigenvalue weighted by Crippen LogP contribution is -2.34. The van der Waals surface area contributed by atoms with Crippen molar-refractivity contribution in [2.45, 2.75) is 18.7 Å². The average Bonchev–Trinajstić information content (AvgIpc) is 2.79. The molecule has 11 heteroatoms. The van der Waals surface area contributed by atoms with E-state index in [1.54, 1.807) is 4.90 Å². The third-order valence-corrected chi connectivity index (χ3v) is 6.02. The summed E-state index contributed by atoms with van der Waals surface area (Å²) in [6.07, 6.45) is 0. The van der Waals surface area contributed by atoms with Gasteiger partial charge in [-0.15, -0.1) is 0 Å². The summed E-state index contributed by atoms with van der Waals surface area (Å²) in [5.74, 6) is -0.283. The average molecular weight is 466 g/mol. The first-order valence-electron chi connectivity index (χ1n) is 9.73. The molecule has 2 amide bonds. The molecule has 174 valence electrons. The molecule has 0 bridgehead atoms. The Balaban J connectivity index is 2.33. The van der Waals surface area contributed by atoms with Gasteiger partial charge in [0, 0.05) is 30.9 Å². The Kier molecular flexibility index (Phi) is 8.30. The number of esters is 1. The largest absolute Gasteiger partial charge is 0.493 e. The number of carbonyl (C=O) groups excluding carboxylic acids is 2. The van der Waals surface area contributed by atoms with Gasteiger partial charge in [0.15, 0.2) is 11.5 Å². The molecule has 32 heavy (non-hydrogen) atoms. The fraction of sp³-hybridized carbons (Fsp3) is 0.333. The number of sulfonamides is 1. The first kappa shape index (κ1) is 24.8. The lowest BCUT2D eigenvalue weighted by molar-refractivity contribution is 0.0601. The van der Waals surface area contributed by atoms with Gasteiger partial charge >= 0.3 is 12.0 Å². The molecule has 0 aromatic heterocycles. The van der Waals surface area contributed by atoms with Gasteiger partial charge in [0.25, 0.3) is 10.0 Å². The van der Waals surface area contributed by atoms with E-state index in [1.807, 2.05) is 13.8 Å². The molecular formula is C21H27N3O7S. The van der Waals surface area contributed by atoms with Crippen molar-refractivity contribution < 1.29 is 32.2 Å². The van der Waals surface area contributed by atoms with Gasteiger partial charge < -0.3 is 24.4 Å². The standard InChI is InChI=1S/C21H27N3O7S/c1-6-24(7-2)21(26)22-14-8-10-15(11-9-14)32(27,28)23-17-13-19(30-4)18(29-3)12-16(17)20(25)31-5/h8-13,23H,6-7H2,1-5H3,(H,22,26). The van der Waals surface area contributed by atoms with Crippen LogP contribution < -0.4 is 19.5 Å². The Labute approximate surface area is 187 Å². The van der Waals surface area contributed by atoms with Crippen LogP contribution >= 0.6 is 0 Å². The maximum absolute atomic E-state index is 12.9. The molecule has 10 nitrogen and oxygen atoms in total. The maximum atomic E-state index is 12.9. The number of carbonyl (C=O) groups is 2. The second-order valence-electron chi connectivity index (χ2n) is 6.48. The van der Waals surface area contributed by atoms with Crippen LogP contribution in [0.5, 0.6) is 11.5 Å². The topological polar surface area (TPSA) is 123 Å². The van der Waals surface area contributed by atoms with Gasteiger partial charge in [-0.1, -0.05) is 0 Å². The van der Waals surface area contributed by atoms with Crippen LogP contribution in [0.4, 0.5) is 16.2 Å². The van der Waals surface area contributed by atoms with Crippen molar-refractivity contribution in [2.24, 2.45) is 0 Å². The normalized spacial score (nSPS) is 10.8. The van der Waals surface area contributed by atoms with Gasteiger partial charge in [-0.3, -0.25) is 4.72 Å². The SMILES string of the molecule is CCN(CC)C(=O)Nc1ccc(S(=O)(=O)Nc2cc(OC)c(OC)cc2C(=O)OC)cc1. The molecule has 0 saturated carbocycles. The summed E-state index contributed by atoms with van der Waals surface area (Å²) in [5.41, 5.74) is 0.368. The molecule has 0 heterocycles. The minimum Gasteiger partial charge on any atom is -0.493 e. The molecule has 2 rings (SSSR count).